The number of nitrogens with two attached hydrogens (primary N) is 1. The van der Waals surface area contributed by atoms with Crippen LogP contribution in [0.25, 0.3) is 0 Å². The molecular formula is C8H17F3N4O. The highest BCUT2D eigenvalue weighted by Gasteiger charge is 2.25. The number of nitrogens with one attached hydrogen (secondary N) is 2. The van der Waals surface area contributed by atoms with E-state index in [1.165, 1.54) is 7.11 Å². The van der Waals surface area contributed by atoms with Crippen molar-refractivity contribution in [3.05, 3.63) is 0 Å². The van der Waals surface area contributed by atoms with E-state index in [0.717, 1.165) is 0 Å². The van der Waals surface area contributed by atoms with E-state index in [1.807, 2.05) is 0 Å². The molecule has 0 amide bonds. The highest BCUT2D eigenvalue weighted by atomic mass is 19.4. The molecule has 0 aliphatic carbocycles. The molecule has 0 unspecified atom stereocenters. The number of nitrogens with zero attached hydrogens (tertiary/aromatic N) is 1. The molecule has 96 valence electrons. The summed E-state index contributed by atoms with van der Waals surface area (Å²) in [7, 11) is 1.54. The zero-order valence-electron chi connectivity index (χ0n) is 9.10. The quantitative estimate of drug-likeness (QED) is 0.207. The fraction of sp³-hybridized carbons (Fsp3) is 0.875. The van der Waals surface area contributed by atoms with Gasteiger partial charge < -0.3 is 10.1 Å². The van der Waals surface area contributed by atoms with Crippen LogP contribution in [0, 0.1) is 0 Å². The summed E-state index contributed by atoms with van der Waals surface area (Å²) in [6.45, 7) is 1.01. The monoisotopic (exact) mass is 242 g/mol. The molecule has 0 saturated heterocycles. The molecule has 0 aromatic rings. The molecule has 0 aliphatic heterocycles. The van der Waals surface area contributed by atoms with Gasteiger partial charge in [0.25, 0.3) is 0 Å². The van der Waals surface area contributed by atoms with Crippen LogP contribution in [0.5, 0.6) is 0 Å². The van der Waals surface area contributed by atoms with Crippen molar-refractivity contribution in [2.24, 2.45) is 10.8 Å². The third kappa shape index (κ3) is 9.53. The summed E-state index contributed by atoms with van der Waals surface area (Å²) >= 11 is 0. The molecule has 0 aromatic heterocycles. The first-order valence-corrected chi connectivity index (χ1v) is 4.80. The number of methoxy groups -OCH3 is 1. The van der Waals surface area contributed by atoms with Gasteiger partial charge in [0, 0.05) is 26.6 Å². The van der Waals surface area contributed by atoms with E-state index in [2.05, 4.69) is 15.7 Å². The van der Waals surface area contributed by atoms with Gasteiger partial charge in [-0.25, -0.2) is 5.84 Å². The molecule has 0 aliphatic rings. The summed E-state index contributed by atoms with van der Waals surface area (Å²) in [4.78, 5) is 3.83. The van der Waals surface area contributed by atoms with Gasteiger partial charge >= 0.3 is 6.18 Å². The zero-order chi connectivity index (χ0) is 12.4. The largest absolute Gasteiger partial charge is 0.389 e. The fourth-order valence-corrected chi connectivity index (χ4v) is 0.894. The van der Waals surface area contributed by atoms with Crippen molar-refractivity contribution in [3.8, 4) is 0 Å². The minimum Gasteiger partial charge on any atom is -0.383 e. The fourth-order valence-electron chi connectivity index (χ4n) is 0.894. The number of hydrogen-bond donors (Lipinski definition) is 3. The van der Waals surface area contributed by atoms with Gasteiger partial charge in [-0.3, -0.25) is 10.4 Å². The molecule has 4 N–H and O–H groups in total. The average Bonchev–Trinajstić information content (AvgIpc) is 2.20. The maximum Gasteiger partial charge on any atom is 0.389 e. The molecule has 0 aromatic carbocycles. The minimum absolute atomic E-state index is 0.0549. The van der Waals surface area contributed by atoms with Gasteiger partial charge in [0.15, 0.2) is 0 Å². The maximum absolute atomic E-state index is 11.8. The average molecular weight is 242 g/mol. The second kappa shape index (κ2) is 8.17. The Morgan fingerprint density at radius 1 is 1.44 bits per heavy atom. The second-order valence-electron chi connectivity index (χ2n) is 3.01. The number of hydrogen-bond acceptors (Lipinski definition) is 3. The van der Waals surface area contributed by atoms with E-state index in [1.54, 1.807) is 0 Å². The van der Waals surface area contributed by atoms with E-state index >= 15 is 0 Å². The smallest absolute Gasteiger partial charge is 0.383 e. The van der Waals surface area contributed by atoms with Crippen LogP contribution in [0.1, 0.15) is 12.8 Å². The number of aliphatic imine (C=N–C) groups is 1. The van der Waals surface area contributed by atoms with Crippen molar-refractivity contribution in [1.29, 1.82) is 0 Å². The van der Waals surface area contributed by atoms with Gasteiger partial charge in [0.1, 0.15) is 0 Å². The Morgan fingerprint density at radius 3 is 2.62 bits per heavy atom. The first kappa shape index (κ1) is 15.0. The van der Waals surface area contributed by atoms with Crippen LogP contribution in [0.2, 0.25) is 0 Å². The van der Waals surface area contributed by atoms with Crippen molar-refractivity contribution < 1.29 is 17.9 Å². The van der Waals surface area contributed by atoms with Crippen LogP contribution in [0.3, 0.4) is 0 Å². The number of ether oxygens (including phenoxy) is 1. The minimum atomic E-state index is -4.13. The summed E-state index contributed by atoms with van der Waals surface area (Å²) in [5.41, 5.74) is 2.26. The first-order chi connectivity index (χ1) is 7.49. The van der Waals surface area contributed by atoms with Crippen molar-refractivity contribution in [3.63, 3.8) is 0 Å². The summed E-state index contributed by atoms with van der Waals surface area (Å²) in [5.74, 6) is 5.38. The van der Waals surface area contributed by atoms with E-state index in [9.17, 15) is 13.2 Å². The van der Waals surface area contributed by atoms with Crippen molar-refractivity contribution in [2.75, 3.05) is 26.8 Å². The summed E-state index contributed by atoms with van der Waals surface area (Å²) in [6, 6.07) is 0. The maximum atomic E-state index is 11.8. The number of halogens is 3. The van der Waals surface area contributed by atoms with Crippen LogP contribution in [-0.2, 0) is 4.74 Å². The number of hydrazine groups is 1. The first-order valence-electron chi connectivity index (χ1n) is 4.80. The predicted octanol–water partition coefficient (Wildman–Crippen LogP) is 0.384. The standard InChI is InChI=1S/C8H17F3N4O/c1-16-6-5-14-7(15-12)13-4-2-3-8(9,10)11/h2-6,12H2,1H3,(H2,13,14,15). The molecule has 0 fully saturated rings. The van der Waals surface area contributed by atoms with Crippen molar-refractivity contribution in [1.82, 2.24) is 10.7 Å². The molecule has 0 bridgehead atoms. The molecule has 0 rings (SSSR count). The highest BCUT2D eigenvalue weighted by molar-refractivity contribution is 5.79. The van der Waals surface area contributed by atoms with E-state index in [-0.39, 0.29) is 18.9 Å². The third-order valence-corrected chi connectivity index (χ3v) is 1.62. The Kier molecular flexibility index (Phi) is 7.65. The normalized spacial score (nSPS) is 12.7. The molecule has 0 radical (unpaired) electrons. The summed E-state index contributed by atoms with van der Waals surface area (Å²) in [5, 5.41) is 2.78. The Morgan fingerprint density at radius 2 is 2.12 bits per heavy atom. The van der Waals surface area contributed by atoms with E-state index < -0.39 is 12.6 Å². The number of guanidine groups is 1. The Bertz CT molecular complexity index is 208. The molecule has 0 saturated carbocycles. The number of alkyl halides is 3. The second-order valence-corrected chi connectivity index (χ2v) is 3.01. The Balaban J connectivity index is 3.71. The summed E-state index contributed by atoms with van der Waals surface area (Å²) < 4.78 is 40.1. The van der Waals surface area contributed by atoms with Gasteiger partial charge in [-0.05, 0) is 6.42 Å². The van der Waals surface area contributed by atoms with Crippen LogP contribution in [-0.4, -0.2) is 38.9 Å². The van der Waals surface area contributed by atoms with Gasteiger partial charge in [-0.15, -0.1) is 0 Å². The van der Waals surface area contributed by atoms with Gasteiger partial charge in [-0.2, -0.15) is 13.2 Å². The molecule has 16 heavy (non-hydrogen) atoms. The van der Waals surface area contributed by atoms with Crippen LogP contribution < -0.4 is 16.6 Å². The molecule has 0 atom stereocenters. The molecule has 0 heterocycles. The van der Waals surface area contributed by atoms with E-state index in [4.69, 9.17) is 10.6 Å². The SMILES string of the molecule is COCCNC(=NCCCC(F)(F)F)NN. The van der Waals surface area contributed by atoms with E-state index in [0.29, 0.717) is 13.2 Å². The van der Waals surface area contributed by atoms with Gasteiger partial charge in [0.05, 0.1) is 6.61 Å². The lowest BCUT2D eigenvalue weighted by molar-refractivity contribution is -0.134. The lowest BCUT2D eigenvalue weighted by Crippen LogP contribution is -2.42. The highest BCUT2D eigenvalue weighted by Crippen LogP contribution is 2.20. The Labute approximate surface area is 92.2 Å². The lowest BCUT2D eigenvalue weighted by Gasteiger charge is -2.08. The Hall–Kier alpha value is -1.02. The van der Waals surface area contributed by atoms with Gasteiger partial charge in [-0.1, -0.05) is 0 Å². The molecule has 8 heteroatoms. The lowest BCUT2D eigenvalue weighted by atomic mass is 10.3. The van der Waals surface area contributed by atoms with Crippen LogP contribution in [0.4, 0.5) is 13.2 Å². The summed E-state index contributed by atoms with van der Waals surface area (Å²) in [6.07, 6.45) is -5.03. The zero-order valence-corrected chi connectivity index (χ0v) is 9.10. The molecule has 5 nitrogen and oxygen atoms in total. The number of rotatable bonds is 6. The van der Waals surface area contributed by atoms with Crippen LogP contribution in [0.15, 0.2) is 4.99 Å². The predicted molar refractivity (Wildman–Crippen MR) is 54.8 cm³/mol. The topological polar surface area (TPSA) is 71.7 Å². The van der Waals surface area contributed by atoms with Crippen molar-refractivity contribution in [2.45, 2.75) is 19.0 Å². The van der Waals surface area contributed by atoms with Gasteiger partial charge in [0.2, 0.25) is 5.96 Å². The third-order valence-electron chi connectivity index (χ3n) is 1.62. The van der Waals surface area contributed by atoms with Crippen LogP contribution >= 0.6 is 0 Å². The molecule has 0 spiro atoms. The molecular weight excluding hydrogens is 225 g/mol. The van der Waals surface area contributed by atoms with Crippen molar-refractivity contribution >= 4 is 5.96 Å².